The summed E-state index contributed by atoms with van der Waals surface area (Å²) in [6.45, 7) is 2.30. The van der Waals surface area contributed by atoms with Gasteiger partial charge >= 0.3 is 5.97 Å². The van der Waals surface area contributed by atoms with Gasteiger partial charge in [0.25, 0.3) is 5.91 Å². The molecule has 1 saturated carbocycles. The number of benzene rings is 1. The van der Waals surface area contributed by atoms with Gasteiger partial charge in [-0.1, -0.05) is 12.1 Å². The molecule has 0 saturated heterocycles. The first-order valence-corrected chi connectivity index (χ1v) is 7.57. The predicted molar refractivity (Wildman–Crippen MR) is 85.1 cm³/mol. The summed E-state index contributed by atoms with van der Waals surface area (Å²) in [7, 11) is 0. The first kappa shape index (κ1) is 15.2. The molecule has 1 aromatic heterocycles. The van der Waals surface area contributed by atoms with Gasteiger partial charge < -0.3 is 10.4 Å². The van der Waals surface area contributed by atoms with E-state index in [1.807, 2.05) is 37.3 Å². The minimum atomic E-state index is -0.744. The van der Waals surface area contributed by atoms with Crippen molar-refractivity contribution in [2.45, 2.75) is 25.8 Å². The normalized spacial score (nSPS) is 19.2. The van der Waals surface area contributed by atoms with E-state index in [1.165, 1.54) is 0 Å². The summed E-state index contributed by atoms with van der Waals surface area (Å²) in [6.07, 6.45) is 2.37. The number of aryl methyl sites for hydroxylation is 1. The SMILES string of the molecule is Cc1cc(C(=O)NCc2ccccn2)ccc1C1CC1C(=O)O. The van der Waals surface area contributed by atoms with Crippen LogP contribution in [-0.4, -0.2) is 22.0 Å². The highest BCUT2D eigenvalue weighted by Crippen LogP contribution is 2.48. The number of nitrogens with zero attached hydrogens (tertiary/aromatic N) is 1. The number of pyridine rings is 1. The molecule has 1 aromatic carbocycles. The second kappa shape index (κ2) is 6.20. The van der Waals surface area contributed by atoms with Gasteiger partial charge in [0, 0.05) is 11.8 Å². The van der Waals surface area contributed by atoms with E-state index in [4.69, 9.17) is 5.11 Å². The lowest BCUT2D eigenvalue weighted by Gasteiger charge is -2.09. The topological polar surface area (TPSA) is 79.3 Å². The van der Waals surface area contributed by atoms with E-state index in [2.05, 4.69) is 10.3 Å². The maximum atomic E-state index is 12.2. The summed E-state index contributed by atoms with van der Waals surface area (Å²) < 4.78 is 0. The van der Waals surface area contributed by atoms with Crippen LogP contribution in [0.15, 0.2) is 42.6 Å². The third kappa shape index (κ3) is 3.39. The molecule has 0 radical (unpaired) electrons. The molecule has 0 spiro atoms. The van der Waals surface area contributed by atoms with Crippen molar-refractivity contribution >= 4 is 11.9 Å². The Morgan fingerprint density at radius 1 is 1.30 bits per heavy atom. The van der Waals surface area contributed by atoms with E-state index in [-0.39, 0.29) is 17.7 Å². The van der Waals surface area contributed by atoms with Gasteiger partial charge in [-0.05, 0) is 54.7 Å². The molecule has 2 N–H and O–H groups in total. The average Bonchev–Trinajstić information content (AvgIpc) is 3.34. The van der Waals surface area contributed by atoms with Gasteiger partial charge in [-0.15, -0.1) is 0 Å². The van der Waals surface area contributed by atoms with Gasteiger partial charge in [0.2, 0.25) is 0 Å². The number of carbonyl (C=O) groups is 2. The zero-order valence-corrected chi connectivity index (χ0v) is 12.8. The van der Waals surface area contributed by atoms with Crippen molar-refractivity contribution in [2.24, 2.45) is 5.92 Å². The number of aliphatic carboxylic acids is 1. The Bertz CT molecular complexity index is 743. The third-order valence-electron chi connectivity index (χ3n) is 4.20. The van der Waals surface area contributed by atoms with Gasteiger partial charge in [0.05, 0.1) is 18.2 Å². The molecule has 3 rings (SSSR count). The standard InChI is InChI=1S/C18H18N2O3/c1-11-8-12(5-6-14(11)15-9-16(15)18(22)23)17(21)20-10-13-4-2-3-7-19-13/h2-8,15-16H,9-10H2,1H3,(H,20,21)(H,22,23). The smallest absolute Gasteiger partial charge is 0.307 e. The number of carboxylic acids is 1. The van der Waals surface area contributed by atoms with Crippen LogP contribution in [0.3, 0.4) is 0 Å². The van der Waals surface area contributed by atoms with Crippen LogP contribution in [0.1, 0.15) is 39.5 Å². The summed E-state index contributed by atoms with van der Waals surface area (Å²) in [5.41, 5.74) is 3.37. The Labute approximate surface area is 134 Å². The van der Waals surface area contributed by atoms with Crippen LogP contribution in [-0.2, 0) is 11.3 Å². The fraction of sp³-hybridized carbons (Fsp3) is 0.278. The first-order valence-electron chi connectivity index (χ1n) is 7.57. The number of nitrogens with one attached hydrogen (secondary N) is 1. The van der Waals surface area contributed by atoms with Crippen molar-refractivity contribution in [3.05, 3.63) is 65.0 Å². The molecule has 2 unspecified atom stereocenters. The van der Waals surface area contributed by atoms with E-state index >= 15 is 0 Å². The zero-order chi connectivity index (χ0) is 16.4. The fourth-order valence-electron chi connectivity index (χ4n) is 2.82. The second-order valence-electron chi connectivity index (χ2n) is 5.86. The molecule has 5 heteroatoms. The van der Waals surface area contributed by atoms with E-state index in [1.54, 1.807) is 12.3 Å². The van der Waals surface area contributed by atoms with Crippen LogP contribution in [0.5, 0.6) is 0 Å². The number of amides is 1. The fourth-order valence-corrected chi connectivity index (χ4v) is 2.82. The minimum absolute atomic E-state index is 0.0816. The first-order chi connectivity index (χ1) is 11.1. The molecule has 1 amide bonds. The summed E-state index contributed by atoms with van der Waals surface area (Å²) in [5.74, 6) is -1.10. The predicted octanol–water partition coefficient (Wildman–Crippen LogP) is 2.51. The Kier molecular flexibility index (Phi) is 4.10. The van der Waals surface area contributed by atoms with Crippen LogP contribution in [0.2, 0.25) is 0 Å². The molecule has 2 atom stereocenters. The quantitative estimate of drug-likeness (QED) is 0.889. The zero-order valence-electron chi connectivity index (χ0n) is 12.8. The number of hydrogen-bond donors (Lipinski definition) is 2. The number of aromatic nitrogens is 1. The molecular weight excluding hydrogens is 292 g/mol. The van der Waals surface area contributed by atoms with E-state index < -0.39 is 5.97 Å². The van der Waals surface area contributed by atoms with Gasteiger partial charge in [0.15, 0.2) is 0 Å². The Balaban J connectivity index is 1.65. The highest BCUT2D eigenvalue weighted by Gasteiger charge is 2.44. The van der Waals surface area contributed by atoms with Crippen molar-refractivity contribution in [2.75, 3.05) is 0 Å². The van der Waals surface area contributed by atoms with Crippen LogP contribution in [0.25, 0.3) is 0 Å². The molecule has 5 nitrogen and oxygen atoms in total. The number of rotatable bonds is 5. The average molecular weight is 310 g/mol. The van der Waals surface area contributed by atoms with Crippen molar-refractivity contribution in [3.8, 4) is 0 Å². The lowest BCUT2D eigenvalue weighted by molar-refractivity contribution is -0.138. The van der Waals surface area contributed by atoms with Crippen molar-refractivity contribution in [3.63, 3.8) is 0 Å². The monoisotopic (exact) mass is 310 g/mol. The maximum Gasteiger partial charge on any atom is 0.307 e. The largest absolute Gasteiger partial charge is 0.481 e. The molecule has 1 aliphatic rings. The molecule has 1 aliphatic carbocycles. The molecule has 118 valence electrons. The summed E-state index contributed by atoms with van der Waals surface area (Å²) in [6, 6.07) is 11.0. The Morgan fingerprint density at radius 3 is 2.74 bits per heavy atom. The maximum absolute atomic E-state index is 12.2. The van der Waals surface area contributed by atoms with Gasteiger partial charge in [-0.2, -0.15) is 0 Å². The summed E-state index contributed by atoms with van der Waals surface area (Å²) in [5, 5.41) is 11.9. The summed E-state index contributed by atoms with van der Waals surface area (Å²) >= 11 is 0. The number of carbonyl (C=O) groups excluding carboxylic acids is 1. The van der Waals surface area contributed by atoms with E-state index in [0.717, 1.165) is 16.8 Å². The van der Waals surface area contributed by atoms with Gasteiger partial charge in [-0.3, -0.25) is 14.6 Å². The third-order valence-corrected chi connectivity index (χ3v) is 4.20. The second-order valence-corrected chi connectivity index (χ2v) is 5.86. The highest BCUT2D eigenvalue weighted by atomic mass is 16.4. The van der Waals surface area contributed by atoms with Crippen molar-refractivity contribution in [1.82, 2.24) is 10.3 Å². The molecule has 23 heavy (non-hydrogen) atoms. The molecule has 1 fully saturated rings. The van der Waals surface area contributed by atoms with E-state index in [9.17, 15) is 9.59 Å². The Morgan fingerprint density at radius 2 is 2.13 bits per heavy atom. The lowest BCUT2D eigenvalue weighted by Crippen LogP contribution is -2.23. The molecule has 0 aliphatic heterocycles. The van der Waals surface area contributed by atoms with Crippen LogP contribution in [0.4, 0.5) is 0 Å². The van der Waals surface area contributed by atoms with Crippen LogP contribution in [0, 0.1) is 12.8 Å². The molecule has 0 bridgehead atoms. The lowest BCUT2D eigenvalue weighted by atomic mass is 10.00. The van der Waals surface area contributed by atoms with Gasteiger partial charge in [0.1, 0.15) is 0 Å². The molecular formula is C18H18N2O3. The summed E-state index contributed by atoms with van der Waals surface area (Å²) in [4.78, 5) is 27.4. The molecule has 2 aromatic rings. The van der Waals surface area contributed by atoms with E-state index in [0.29, 0.717) is 18.5 Å². The van der Waals surface area contributed by atoms with Gasteiger partial charge in [-0.25, -0.2) is 0 Å². The Hall–Kier alpha value is -2.69. The molecule has 1 heterocycles. The van der Waals surface area contributed by atoms with Crippen LogP contribution < -0.4 is 5.32 Å². The van der Waals surface area contributed by atoms with Crippen LogP contribution >= 0.6 is 0 Å². The van der Waals surface area contributed by atoms with Crippen molar-refractivity contribution in [1.29, 1.82) is 0 Å². The minimum Gasteiger partial charge on any atom is -0.481 e. The number of carboxylic acid groups (broad SMARTS) is 1. The number of hydrogen-bond acceptors (Lipinski definition) is 3. The highest BCUT2D eigenvalue weighted by molar-refractivity contribution is 5.94. The van der Waals surface area contributed by atoms with Crippen molar-refractivity contribution < 1.29 is 14.7 Å².